The number of hydrogen-bond donors (Lipinski definition) is 0. The number of nitrogens with zero attached hydrogens (tertiary/aromatic N) is 4. The van der Waals surface area contributed by atoms with Crippen molar-refractivity contribution in [2.75, 3.05) is 0 Å². The lowest BCUT2D eigenvalue weighted by atomic mass is 9.93. The zero-order valence-electron chi connectivity index (χ0n) is 31.2. The SMILES string of the molecule is c1ccc(-n2c3ccccc3c3ccccc32)c(-c2nc(-c3ccc4c(-c5cccc6ccccc56)cccc4c3)nc(-c3cccc4c3sc3ccccc34)n2)c1. The smallest absolute Gasteiger partial charge is 0.166 e. The number of hydrogen-bond acceptors (Lipinski definition) is 4. The Labute approximate surface area is 338 Å². The van der Waals surface area contributed by atoms with Crippen molar-refractivity contribution in [3.05, 3.63) is 194 Å². The number of benzene rings is 9. The fraction of sp³-hybridized carbons (Fsp3) is 0. The van der Waals surface area contributed by atoms with Crippen molar-refractivity contribution in [3.63, 3.8) is 0 Å². The number of fused-ring (bicyclic) bond motifs is 8. The molecule has 4 nitrogen and oxygen atoms in total. The molecule has 0 aliphatic heterocycles. The molecular weight excluding hydrogens is 725 g/mol. The summed E-state index contributed by atoms with van der Waals surface area (Å²) >= 11 is 1.79. The standard InChI is InChI=1S/C53H32N4S/c1-2-17-36-33(14-1)15-11-22-38(36)39-23-12-16-34-32-35(30-31-37(34)39)51-54-52(56-53(55-51)45-25-13-24-43-42-20-6-10-29-49(42)58-50(43)45)44-21-5-9-28-48(44)57-46-26-7-3-18-40(46)41-19-4-8-27-47(41)57/h1-32H. The van der Waals surface area contributed by atoms with Gasteiger partial charge >= 0.3 is 0 Å². The average Bonchev–Trinajstić information content (AvgIpc) is 3.84. The molecule has 0 radical (unpaired) electrons. The van der Waals surface area contributed by atoms with Crippen LogP contribution in [-0.4, -0.2) is 19.5 Å². The van der Waals surface area contributed by atoms with Crippen LogP contribution < -0.4 is 0 Å². The van der Waals surface area contributed by atoms with E-state index in [1.54, 1.807) is 11.3 Å². The van der Waals surface area contributed by atoms with Gasteiger partial charge in [0.25, 0.3) is 0 Å². The first-order valence-corrected chi connectivity index (χ1v) is 20.3. The van der Waals surface area contributed by atoms with E-state index in [9.17, 15) is 0 Å². The predicted octanol–water partition coefficient (Wildman–Crippen LogP) is 14.3. The van der Waals surface area contributed by atoms with Crippen LogP contribution in [0.4, 0.5) is 0 Å². The van der Waals surface area contributed by atoms with E-state index in [-0.39, 0.29) is 0 Å². The van der Waals surface area contributed by atoms with Gasteiger partial charge in [-0.15, -0.1) is 11.3 Å². The van der Waals surface area contributed by atoms with Crippen LogP contribution in [0, 0.1) is 0 Å². The lowest BCUT2D eigenvalue weighted by Crippen LogP contribution is -2.03. The van der Waals surface area contributed by atoms with Crippen molar-refractivity contribution < 1.29 is 0 Å². The number of aromatic nitrogens is 4. The number of para-hydroxylation sites is 3. The summed E-state index contributed by atoms with van der Waals surface area (Å²) in [6.45, 7) is 0. The normalized spacial score (nSPS) is 11.8. The third-order valence-electron chi connectivity index (χ3n) is 11.5. The zero-order valence-corrected chi connectivity index (χ0v) is 32.0. The summed E-state index contributed by atoms with van der Waals surface area (Å²) in [6, 6.07) is 69.1. The molecule has 58 heavy (non-hydrogen) atoms. The maximum Gasteiger partial charge on any atom is 0.166 e. The molecule has 3 aromatic heterocycles. The molecule has 12 aromatic rings. The average molecular weight is 757 g/mol. The highest BCUT2D eigenvalue weighted by Crippen LogP contribution is 2.41. The van der Waals surface area contributed by atoms with E-state index in [1.807, 2.05) is 0 Å². The molecule has 9 aromatic carbocycles. The highest BCUT2D eigenvalue weighted by Gasteiger charge is 2.21. The summed E-state index contributed by atoms with van der Waals surface area (Å²) in [7, 11) is 0. The Bertz CT molecular complexity index is 3540. The second-order valence-corrected chi connectivity index (χ2v) is 15.8. The second-order valence-electron chi connectivity index (χ2n) is 14.7. The molecule has 270 valence electrons. The minimum atomic E-state index is 0.625. The number of thiophene rings is 1. The summed E-state index contributed by atoms with van der Waals surface area (Å²) in [5, 5.41) is 9.65. The molecule has 0 fully saturated rings. The molecule has 0 unspecified atom stereocenters. The second kappa shape index (κ2) is 13.1. The minimum Gasteiger partial charge on any atom is -0.309 e. The van der Waals surface area contributed by atoms with E-state index in [0.29, 0.717) is 17.5 Å². The van der Waals surface area contributed by atoms with Gasteiger partial charge in [0.2, 0.25) is 0 Å². The van der Waals surface area contributed by atoms with Gasteiger partial charge in [0.1, 0.15) is 0 Å². The van der Waals surface area contributed by atoms with E-state index in [1.165, 1.54) is 58.2 Å². The Kier molecular flexibility index (Phi) is 7.37. The Hall–Kier alpha value is -7.47. The van der Waals surface area contributed by atoms with Gasteiger partial charge in [0, 0.05) is 47.6 Å². The molecule has 0 aliphatic rings. The van der Waals surface area contributed by atoms with E-state index in [4.69, 9.17) is 15.0 Å². The molecule has 0 spiro atoms. The van der Waals surface area contributed by atoms with Gasteiger partial charge < -0.3 is 4.57 Å². The maximum atomic E-state index is 5.37. The molecule has 0 aliphatic carbocycles. The zero-order chi connectivity index (χ0) is 38.2. The van der Waals surface area contributed by atoms with Gasteiger partial charge in [-0.25, -0.2) is 15.0 Å². The van der Waals surface area contributed by atoms with Crippen molar-refractivity contribution in [1.82, 2.24) is 19.5 Å². The van der Waals surface area contributed by atoms with Gasteiger partial charge in [-0.1, -0.05) is 152 Å². The van der Waals surface area contributed by atoms with E-state index < -0.39 is 0 Å². The predicted molar refractivity (Wildman–Crippen MR) is 244 cm³/mol. The van der Waals surface area contributed by atoms with Crippen LogP contribution in [0.25, 0.3) is 115 Å². The monoisotopic (exact) mass is 756 g/mol. The lowest BCUT2D eigenvalue weighted by Gasteiger charge is -2.15. The van der Waals surface area contributed by atoms with Crippen molar-refractivity contribution >= 4 is 74.9 Å². The van der Waals surface area contributed by atoms with Crippen LogP contribution in [0.2, 0.25) is 0 Å². The molecular formula is C53H32N4S. The first-order valence-electron chi connectivity index (χ1n) is 19.5. The van der Waals surface area contributed by atoms with Crippen molar-refractivity contribution in [2.45, 2.75) is 0 Å². The molecule has 3 heterocycles. The van der Waals surface area contributed by atoms with Crippen LogP contribution in [-0.2, 0) is 0 Å². The third kappa shape index (κ3) is 5.11. The molecule has 5 heteroatoms. The maximum absolute atomic E-state index is 5.37. The molecule has 12 rings (SSSR count). The fourth-order valence-electron chi connectivity index (χ4n) is 8.83. The summed E-state index contributed by atoms with van der Waals surface area (Å²) in [6.07, 6.45) is 0. The highest BCUT2D eigenvalue weighted by molar-refractivity contribution is 7.26. The summed E-state index contributed by atoms with van der Waals surface area (Å²) in [5.74, 6) is 1.91. The number of rotatable bonds is 5. The Morgan fingerprint density at radius 1 is 0.345 bits per heavy atom. The van der Waals surface area contributed by atoms with Crippen molar-refractivity contribution in [1.29, 1.82) is 0 Å². The van der Waals surface area contributed by atoms with Crippen LogP contribution in [0.1, 0.15) is 0 Å². The minimum absolute atomic E-state index is 0.625. The molecule has 0 saturated heterocycles. The summed E-state index contributed by atoms with van der Waals surface area (Å²) in [4.78, 5) is 16.0. The van der Waals surface area contributed by atoms with Crippen molar-refractivity contribution in [2.24, 2.45) is 0 Å². The van der Waals surface area contributed by atoms with Crippen molar-refractivity contribution in [3.8, 4) is 51.0 Å². The Balaban J connectivity index is 1.10. The Morgan fingerprint density at radius 2 is 0.862 bits per heavy atom. The lowest BCUT2D eigenvalue weighted by molar-refractivity contribution is 1.07. The topological polar surface area (TPSA) is 43.6 Å². The first-order chi connectivity index (χ1) is 28.8. The molecule has 0 saturated carbocycles. The molecule has 0 amide bonds. The van der Waals surface area contributed by atoms with E-state index in [0.717, 1.165) is 38.8 Å². The quantitative estimate of drug-likeness (QED) is 0.176. The molecule has 0 atom stereocenters. The fourth-order valence-corrected chi connectivity index (χ4v) is 10.0. The van der Waals surface area contributed by atoms with Crippen LogP contribution >= 0.6 is 11.3 Å². The Morgan fingerprint density at radius 3 is 1.66 bits per heavy atom. The van der Waals surface area contributed by atoms with Gasteiger partial charge in [0.15, 0.2) is 17.5 Å². The largest absolute Gasteiger partial charge is 0.309 e. The molecule has 0 bridgehead atoms. The highest BCUT2D eigenvalue weighted by atomic mass is 32.1. The van der Waals surface area contributed by atoms with Gasteiger partial charge in [-0.3, -0.25) is 0 Å². The van der Waals surface area contributed by atoms with E-state index >= 15 is 0 Å². The van der Waals surface area contributed by atoms with Crippen LogP contribution in [0.15, 0.2) is 194 Å². The third-order valence-corrected chi connectivity index (χ3v) is 12.7. The van der Waals surface area contributed by atoms with Gasteiger partial charge in [-0.2, -0.15) is 0 Å². The summed E-state index contributed by atoms with van der Waals surface area (Å²) < 4.78 is 4.76. The summed E-state index contributed by atoms with van der Waals surface area (Å²) in [5.41, 5.74) is 8.58. The van der Waals surface area contributed by atoms with Gasteiger partial charge in [-0.05, 0) is 75.1 Å². The van der Waals surface area contributed by atoms with E-state index in [2.05, 4.69) is 199 Å². The van der Waals surface area contributed by atoms with Crippen LogP contribution in [0.3, 0.4) is 0 Å². The van der Waals surface area contributed by atoms with Gasteiger partial charge in [0.05, 0.1) is 16.7 Å². The first kappa shape index (κ1) is 32.7. The van der Waals surface area contributed by atoms with Crippen LogP contribution in [0.5, 0.6) is 0 Å². The molecule has 0 N–H and O–H groups in total.